The average molecular weight is 495 g/mol. The minimum Gasteiger partial charge on any atom is -0.507 e. The van der Waals surface area contributed by atoms with Gasteiger partial charge in [0.25, 0.3) is 0 Å². The van der Waals surface area contributed by atoms with Crippen LogP contribution in [-0.4, -0.2) is 46.2 Å². The molecule has 200 valence electrons. The van der Waals surface area contributed by atoms with E-state index in [9.17, 15) is 10.2 Å². The van der Waals surface area contributed by atoms with Gasteiger partial charge in [0.1, 0.15) is 11.5 Å². The molecular weight excluding hydrogens is 444 g/mol. The zero-order valence-electron chi connectivity index (χ0n) is 24.5. The zero-order valence-corrected chi connectivity index (χ0v) is 24.5. The van der Waals surface area contributed by atoms with E-state index in [1.807, 2.05) is 0 Å². The fourth-order valence-electron chi connectivity index (χ4n) is 5.98. The van der Waals surface area contributed by atoms with Crippen molar-refractivity contribution >= 4 is 0 Å². The van der Waals surface area contributed by atoms with Crippen molar-refractivity contribution in [3.8, 4) is 11.5 Å². The van der Waals surface area contributed by atoms with E-state index in [1.54, 1.807) is 0 Å². The minimum atomic E-state index is -0.0985. The largest absolute Gasteiger partial charge is 0.507 e. The van der Waals surface area contributed by atoms with Gasteiger partial charge >= 0.3 is 0 Å². The molecule has 2 aromatic carbocycles. The first-order valence-electron chi connectivity index (χ1n) is 13.7. The van der Waals surface area contributed by atoms with E-state index in [4.69, 9.17) is 0 Å². The standard InChI is InChI=1S/C32H50N2O2/c1-21-15-23(29(35)25(17-21)31(3,4)5)19-33(9)27-13-11-12-14-28(27)34(10)20-24-16-22(2)18-26(30(24)36)32(6,7)8/h15-18,27-28,35-36H,11-14,19-20H2,1-10H3/t27-,28?/m1/s1. The van der Waals surface area contributed by atoms with E-state index < -0.39 is 0 Å². The molecule has 0 amide bonds. The highest BCUT2D eigenvalue weighted by atomic mass is 16.3. The molecule has 0 spiro atoms. The second kappa shape index (κ2) is 10.8. The van der Waals surface area contributed by atoms with Gasteiger partial charge in [0.05, 0.1) is 0 Å². The van der Waals surface area contributed by atoms with Gasteiger partial charge in [0.15, 0.2) is 0 Å². The maximum absolute atomic E-state index is 11.1. The summed E-state index contributed by atoms with van der Waals surface area (Å²) in [5, 5.41) is 22.3. The number of likely N-dealkylation sites (N-methyl/N-ethyl adjacent to an activating group) is 2. The summed E-state index contributed by atoms with van der Waals surface area (Å²) in [4.78, 5) is 4.88. The van der Waals surface area contributed by atoms with E-state index in [1.165, 1.54) is 24.0 Å². The Labute approximate surface area is 220 Å². The fraction of sp³-hybridized carbons (Fsp3) is 0.625. The molecule has 1 saturated carbocycles. The summed E-state index contributed by atoms with van der Waals surface area (Å²) in [5.41, 5.74) is 6.27. The molecule has 4 nitrogen and oxygen atoms in total. The van der Waals surface area contributed by atoms with Crippen LogP contribution in [0.4, 0.5) is 0 Å². The van der Waals surface area contributed by atoms with E-state index in [0.717, 1.165) is 48.2 Å². The highest BCUT2D eigenvalue weighted by Crippen LogP contribution is 2.38. The third-order valence-electron chi connectivity index (χ3n) is 7.95. The predicted molar refractivity (Wildman–Crippen MR) is 152 cm³/mol. The molecule has 0 radical (unpaired) electrons. The third kappa shape index (κ3) is 6.44. The van der Waals surface area contributed by atoms with Crippen molar-refractivity contribution < 1.29 is 10.2 Å². The molecule has 0 bridgehead atoms. The lowest BCUT2D eigenvalue weighted by atomic mass is 9.83. The summed E-state index contributed by atoms with van der Waals surface area (Å²) in [6.07, 6.45) is 4.76. The van der Waals surface area contributed by atoms with E-state index in [0.29, 0.717) is 23.6 Å². The molecule has 36 heavy (non-hydrogen) atoms. The van der Waals surface area contributed by atoms with Gasteiger partial charge in [-0.05, 0) is 62.7 Å². The maximum atomic E-state index is 11.1. The van der Waals surface area contributed by atoms with Crippen molar-refractivity contribution in [2.24, 2.45) is 0 Å². The van der Waals surface area contributed by atoms with Gasteiger partial charge < -0.3 is 10.2 Å². The molecule has 2 atom stereocenters. The van der Waals surface area contributed by atoms with Crippen LogP contribution in [0, 0.1) is 13.8 Å². The molecule has 0 heterocycles. The Morgan fingerprint density at radius 2 is 1.00 bits per heavy atom. The van der Waals surface area contributed by atoms with Crippen molar-refractivity contribution in [1.29, 1.82) is 0 Å². The minimum absolute atomic E-state index is 0.0985. The predicted octanol–water partition coefficient (Wildman–Crippen LogP) is 7.18. The number of rotatable bonds is 6. The Balaban J connectivity index is 1.84. The van der Waals surface area contributed by atoms with E-state index in [-0.39, 0.29) is 10.8 Å². The monoisotopic (exact) mass is 494 g/mol. The summed E-state index contributed by atoms with van der Waals surface area (Å²) in [6.45, 7) is 18.7. The molecule has 2 N–H and O–H groups in total. The van der Waals surface area contributed by atoms with Gasteiger partial charge in [-0.2, -0.15) is 0 Å². The summed E-state index contributed by atoms with van der Waals surface area (Å²) < 4.78 is 0. The highest BCUT2D eigenvalue weighted by molar-refractivity contribution is 5.47. The molecule has 1 fully saturated rings. The van der Waals surface area contributed by atoms with Crippen LogP contribution in [0.5, 0.6) is 11.5 Å². The number of hydrogen-bond donors (Lipinski definition) is 2. The zero-order chi connectivity index (χ0) is 27.0. The molecule has 3 rings (SSSR count). The van der Waals surface area contributed by atoms with Crippen molar-refractivity contribution in [2.45, 2.75) is 117 Å². The number of nitrogens with zero attached hydrogens (tertiary/aromatic N) is 2. The van der Waals surface area contributed by atoms with Crippen molar-refractivity contribution in [1.82, 2.24) is 9.80 Å². The average Bonchev–Trinajstić information content (AvgIpc) is 2.76. The topological polar surface area (TPSA) is 46.9 Å². The lowest BCUT2D eigenvalue weighted by Gasteiger charge is -2.43. The van der Waals surface area contributed by atoms with Crippen LogP contribution in [0.25, 0.3) is 0 Å². The summed E-state index contributed by atoms with van der Waals surface area (Å²) in [6, 6.07) is 9.32. The maximum Gasteiger partial charge on any atom is 0.123 e. The molecule has 4 heteroatoms. The SMILES string of the molecule is Cc1cc(CN(C)C2CCCC[C@H]2N(C)Cc2cc(C)cc(C(C)(C)C)c2O)c(O)c(C(C)(C)C)c1. The van der Waals surface area contributed by atoms with Crippen molar-refractivity contribution in [3.63, 3.8) is 0 Å². The van der Waals surface area contributed by atoms with E-state index >= 15 is 0 Å². The quantitative estimate of drug-likeness (QED) is 0.446. The molecule has 1 unspecified atom stereocenters. The molecular formula is C32H50N2O2. The molecule has 0 aromatic heterocycles. The van der Waals surface area contributed by atoms with Gasteiger partial charge in [0, 0.05) is 36.3 Å². The lowest BCUT2D eigenvalue weighted by Crippen LogP contribution is -2.50. The molecule has 1 aliphatic carbocycles. The number of aryl methyl sites for hydroxylation is 2. The first-order chi connectivity index (χ1) is 16.6. The molecule has 0 saturated heterocycles. The van der Waals surface area contributed by atoms with Gasteiger partial charge in [0.2, 0.25) is 0 Å². The number of phenols is 2. The van der Waals surface area contributed by atoms with Gasteiger partial charge in [-0.15, -0.1) is 0 Å². The van der Waals surface area contributed by atoms with Gasteiger partial charge in [-0.25, -0.2) is 0 Å². The number of aromatic hydroxyl groups is 2. The van der Waals surface area contributed by atoms with Gasteiger partial charge in [-0.1, -0.05) is 89.8 Å². The van der Waals surface area contributed by atoms with Crippen LogP contribution >= 0.6 is 0 Å². The number of hydrogen-bond acceptors (Lipinski definition) is 4. The smallest absolute Gasteiger partial charge is 0.123 e. The summed E-state index contributed by atoms with van der Waals surface area (Å²) in [7, 11) is 4.41. The normalized spacial score (nSPS) is 19.3. The van der Waals surface area contributed by atoms with Crippen LogP contribution < -0.4 is 0 Å². The van der Waals surface area contributed by atoms with E-state index in [2.05, 4.69) is 104 Å². The fourth-order valence-corrected chi connectivity index (χ4v) is 5.98. The van der Waals surface area contributed by atoms with Crippen molar-refractivity contribution in [2.75, 3.05) is 14.1 Å². The Kier molecular flexibility index (Phi) is 8.52. The number of phenolic OH excluding ortho intramolecular Hbond substituents is 2. The highest BCUT2D eigenvalue weighted by Gasteiger charge is 2.33. The first-order valence-corrected chi connectivity index (χ1v) is 13.7. The van der Waals surface area contributed by atoms with Crippen LogP contribution in [-0.2, 0) is 23.9 Å². The third-order valence-corrected chi connectivity index (χ3v) is 7.95. The summed E-state index contributed by atoms with van der Waals surface area (Å²) in [5.74, 6) is 0.889. The van der Waals surface area contributed by atoms with Crippen LogP contribution in [0.15, 0.2) is 24.3 Å². The molecule has 2 aromatic rings. The Bertz CT molecular complexity index is 976. The first kappa shape index (κ1) is 28.5. The van der Waals surface area contributed by atoms with Crippen LogP contribution in [0.1, 0.15) is 101 Å². The van der Waals surface area contributed by atoms with Gasteiger partial charge in [-0.3, -0.25) is 9.80 Å². The Morgan fingerprint density at radius 1 is 0.667 bits per heavy atom. The second-order valence-electron chi connectivity index (χ2n) is 13.4. The second-order valence-corrected chi connectivity index (χ2v) is 13.4. The lowest BCUT2D eigenvalue weighted by molar-refractivity contribution is 0.0684. The molecule has 1 aliphatic rings. The number of benzene rings is 2. The Hall–Kier alpha value is -2.04. The van der Waals surface area contributed by atoms with Crippen molar-refractivity contribution in [3.05, 3.63) is 57.6 Å². The summed E-state index contributed by atoms with van der Waals surface area (Å²) >= 11 is 0. The molecule has 0 aliphatic heterocycles. The van der Waals surface area contributed by atoms with Crippen LogP contribution in [0.2, 0.25) is 0 Å². The Morgan fingerprint density at radius 3 is 1.31 bits per heavy atom. The van der Waals surface area contributed by atoms with Crippen LogP contribution in [0.3, 0.4) is 0 Å².